The van der Waals surface area contributed by atoms with Crippen molar-refractivity contribution in [2.75, 3.05) is 26.9 Å². The normalized spacial score (nSPS) is 26.6. The summed E-state index contributed by atoms with van der Waals surface area (Å²) in [7, 11) is -0.836. The monoisotopic (exact) mass is 990 g/mol. The number of methoxy groups -OCH3 is 1. The number of nitrogens with one attached hydrogen (secondary N) is 1. The number of esters is 6. The molecule has 2 aromatic carbocycles. The number of nitrogens with zero attached hydrogens (tertiary/aromatic N) is 3. The van der Waals surface area contributed by atoms with Gasteiger partial charge in [-0.25, -0.2) is 9.59 Å². The first-order valence-electron chi connectivity index (χ1n) is 21.4. The van der Waals surface area contributed by atoms with Crippen LogP contribution < -0.4 is 5.32 Å². The molecule has 0 radical (unpaired) electrons. The van der Waals surface area contributed by atoms with E-state index in [0.717, 1.165) is 53.5 Å². The smallest absolute Gasteiger partial charge is 0.368 e. The molecule has 2 aliphatic heterocycles. The molecule has 0 spiro atoms. The highest BCUT2D eigenvalue weighted by Gasteiger charge is 2.67. The van der Waals surface area contributed by atoms with Gasteiger partial charge in [-0.2, -0.15) is 0 Å². The van der Waals surface area contributed by atoms with Gasteiger partial charge >= 0.3 is 35.8 Å². The summed E-state index contributed by atoms with van der Waals surface area (Å²) in [5.74, 6) is -9.72. The Kier molecular flexibility index (Phi) is 20.3. The van der Waals surface area contributed by atoms with Crippen molar-refractivity contribution in [3.63, 3.8) is 0 Å². The van der Waals surface area contributed by atoms with Crippen LogP contribution in [0.5, 0.6) is 0 Å². The van der Waals surface area contributed by atoms with Gasteiger partial charge < -0.3 is 57.8 Å². The van der Waals surface area contributed by atoms with Crippen molar-refractivity contribution >= 4 is 61.6 Å². The van der Waals surface area contributed by atoms with Crippen LogP contribution in [0, 0.1) is 0 Å². The van der Waals surface area contributed by atoms with Crippen molar-refractivity contribution < 1.29 is 86.0 Å². The molecule has 1 amide bonds. The SMILES string of the molecule is COC(=O)[C@]1(O[C@H]2[C@@H](O)[C@@H](COC(=O)c3ccccc3)O[C@@H](OCC[Si](C)(C)C)[C@@H]2N=[N+]=[N-])O[C@@H]([C@H](OC(C)=O)[C@@H](COC(C)=O)OC(C)=O)[C@H](NC(C)=O)[C@@H](OC(C)=O)[C@@H]1Sc1ccccc1. The summed E-state index contributed by atoms with van der Waals surface area (Å²) >= 11 is 0.837. The molecule has 372 valence electrons. The zero-order valence-corrected chi connectivity index (χ0v) is 40.9. The van der Waals surface area contributed by atoms with Gasteiger partial charge in [0.05, 0.1) is 18.7 Å². The van der Waals surface area contributed by atoms with Crippen molar-refractivity contribution in [3.05, 3.63) is 76.7 Å². The molecule has 2 heterocycles. The van der Waals surface area contributed by atoms with Crippen LogP contribution in [0.25, 0.3) is 10.4 Å². The highest BCUT2D eigenvalue weighted by Crippen LogP contribution is 2.47. The molecule has 22 nitrogen and oxygen atoms in total. The van der Waals surface area contributed by atoms with Crippen molar-refractivity contribution in [2.24, 2.45) is 5.11 Å². The van der Waals surface area contributed by atoms with Crippen molar-refractivity contribution in [1.82, 2.24) is 5.32 Å². The minimum atomic E-state index is -3.00. The molecule has 2 aliphatic rings. The van der Waals surface area contributed by atoms with Crippen molar-refractivity contribution in [3.8, 4) is 0 Å². The van der Waals surface area contributed by atoms with Crippen LogP contribution in [0.3, 0.4) is 0 Å². The average molecular weight is 991 g/mol. The lowest BCUT2D eigenvalue weighted by Gasteiger charge is -2.54. The maximum atomic E-state index is 15.0. The van der Waals surface area contributed by atoms with Crippen LogP contribution in [0.15, 0.2) is 70.7 Å². The molecule has 0 unspecified atom stereocenters. The van der Waals surface area contributed by atoms with E-state index in [-0.39, 0.29) is 12.2 Å². The fourth-order valence-electron chi connectivity index (χ4n) is 7.32. The molecule has 24 heteroatoms. The van der Waals surface area contributed by atoms with Crippen molar-refractivity contribution in [1.29, 1.82) is 0 Å². The standard InChI is InChI=1S/C44H58N4O18SSi/c1-24(49)46-33-38(36(62-27(4)52)32(61-26(3)51)23-59-25(2)50)66-44(43(56)57-6,40(39(33)63-28(5)53)67-30-18-14-11-15-19-30)65-37-34(47-48-45)42(58-20-21-68(7,8)9)64-31(35(37)54)22-60-41(55)29-16-12-10-13-17-29/h10-19,31-40,42,54H,20-23H2,1-9H3,(H,46,49)/t31-,32-,33+,34-,35+,36-,37-,38-,39-,40+,42-,44-/m1/s1. The molecule has 2 fully saturated rings. The third-order valence-electron chi connectivity index (χ3n) is 10.3. The van der Waals surface area contributed by atoms with Gasteiger partial charge in [0.25, 0.3) is 5.79 Å². The minimum Gasteiger partial charge on any atom is -0.465 e. The predicted molar refractivity (Wildman–Crippen MR) is 240 cm³/mol. The first-order chi connectivity index (χ1) is 32.1. The van der Waals surface area contributed by atoms with E-state index in [1.165, 1.54) is 12.1 Å². The second-order valence-corrected chi connectivity index (χ2v) is 23.7. The Labute approximate surface area is 397 Å². The molecule has 0 aliphatic carbocycles. The molecular weight excluding hydrogens is 933 g/mol. The summed E-state index contributed by atoms with van der Waals surface area (Å²) in [6.07, 6.45) is -14.4. The van der Waals surface area contributed by atoms with E-state index in [0.29, 0.717) is 10.9 Å². The van der Waals surface area contributed by atoms with Gasteiger partial charge in [0.15, 0.2) is 18.5 Å². The Balaban J connectivity index is 2.05. The Hall–Kier alpha value is -5.59. The number of thioether (sulfide) groups is 1. The van der Waals surface area contributed by atoms with Crippen LogP contribution in [0.1, 0.15) is 45.0 Å². The fraction of sp³-hybridized carbons (Fsp3) is 0.568. The Morgan fingerprint density at radius 3 is 2.06 bits per heavy atom. The number of aliphatic hydroxyl groups excluding tert-OH is 1. The average Bonchev–Trinajstić information content (AvgIpc) is 3.27. The summed E-state index contributed by atoms with van der Waals surface area (Å²) in [5.41, 5.74) is 10.2. The van der Waals surface area contributed by atoms with E-state index >= 15 is 0 Å². The molecular formula is C44H58N4O18SSi. The highest BCUT2D eigenvalue weighted by molar-refractivity contribution is 8.00. The van der Waals surface area contributed by atoms with E-state index in [4.69, 9.17) is 47.4 Å². The number of carbonyl (C=O) groups is 7. The van der Waals surface area contributed by atoms with E-state index < -0.39 is 135 Å². The molecule has 0 saturated carbocycles. The summed E-state index contributed by atoms with van der Waals surface area (Å²) in [6, 6.07) is 13.5. The molecule has 4 rings (SSSR count). The minimum absolute atomic E-state index is 0.0568. The maximum absolute atomic E-state index is 15.0. The number of rotatable bonds is 21. The van der Waals surface area contributed by atoms with Gasteiger partial charge in [-0.15, -0.1) is 11.8 Å². The lowest BCUT2D eigenvalue weighted by Crippen LogP contribution is -2.76. The highest BCUT2D eigenvalue weighted by atomic mass is 32.2. The number of hydrogen-bond acceptors (Lipinski definition) is 20. The van der Waals surface area contributed by atoms with Gasteiger partial charge in [0, 0.05) is 59.1 Å². The van der Waals surface area contributed by atoms with E-state index in [1.54, 1.807) is 48.5 Å². The number of azide groups is 1. The summed E-state index contributed by atoms with van der Waals surface area (Å²) in [6.45, 7) is 10.1. The zero-order valence-electron chi connectivity index (χ0n) is 39.1. The Morgan fingerprint density at radius 2 is 1.51 bits per heavy atom. The van der Waals surface area contributed by atoms with Crippen LogP contribution in [0.4, 0.5) is 0 Å². The zero-order chi connectivity index (χ0) is 50.3. The lowest BCUT2D eigenvalue weighted by atomic mass is 9.86. The Bertz CT molecular complexity index is 2130. The van der Waals surface area contributed by atoms with Crippen LogP contribution in [-0.2, 0) is 76.1 Å². The molecule has 12 atom stereocenters. The Morgan fingerprint density at radius 1 is 0.882 bits per heavy atom. The van der Waals surface area contributed by atoms with Crippen LogP contribution >= 0.6 is 11.8 Å². The van der Waals surface area contributed by atoms with E-state index in [1.807, 2.05) is 0 Å². The molecule has 0 bridgehead atoms. The number of hydrogen-bond donors (Lipinski definition) is 2. The van der Waals surface area contributed by atoms with Crippen LogP contribution in [-0.4, -0.2) is 154 Å². The van der Waals surface area contributed by atoms with Gasteiger partial charge in [0.1, 0.15) is 55.0 Å². The summed E-state index contributed by atoms with van der Waals surface area (Å²) < 4.78 is 59.3. The first kappa shape index (κ1) is 55.0. The summed E-state index contributed by atoms with van der Waals surface area (Å²) in [4.78, 5) is 95.8. The number of benzene rings is 2. The topological polar surface area (TPSA) is 293 Å². The number of ether oxygens (including phenoxy) is 10. The molecule has 2 saturated heterocycles. The second kappa shape index (κ2) is 25.1. The van der Waals surface area contributed by atoms with E-state index in [9.17, 15) is 44.2 Å². The largest absolute Gasteiger partial charge is 0.465 e. The third kappa shape index (κ3) is 15.2. The maximum Gasteiger partial charge on any atom is 0.368 e. The van der Waals surface area contributed by atoms with Gasteiger partial charge in [-0.1, -0.05) is 61.2 Å². The molecule has 0 aromatic heterocycles. The third-order valence-corrected chi connectivity index (χ3v) is 13.3. The molecule has 2 aromatic rings. The molecule has 2 N–H and O–H groups in total. The van der Waals surface area contributed by atoms with Gasteiger partial charge in [-0.05, 0) is 35.8 Å². The molecule has 68 heavy (non-hydrogen) atoms. The lowest BCUT2D eigenvalue weighted by molar-refractivity contribution is -0.351. The second-order valence-electron chi connectivity index (χ2n) is 16.9. The predicted octanol–water partition coefficient (Wildman–Crippen LogP) is 3.64. The van der Waals surface area contributed by atoms with Crippen LogP contribution in [0.2, 0.25) is 25.7 Å². The van der Waals surface area contributed by atoms with Gasteiger partial charge in [-0.3, -0.25) is 24.0 Å². The number of carbonyl (C=O) groups excluding carboxylic acids is 7. The number of amides is 1. The number of aliphatic hydroxyl groups is 1. The van der Waals surface area contributed by atoms with Gasteiger partial charge in [0.2, 0.25) is 5.91 Å². The van der Waals surface area contributed by atoms with E-state index in [2.05, 4.69) is 35.0 Å². The summed E-state index contributed by atoms with van der Waals surface area (Å²) in [5, 5.41) is 17.2. The quantitative estimate of drug-likeness (QED) is 0.0451. The fourth-order valence-corrected chi connectivity index (χ4v) is 9.38. The first-order valence-corrected chi connectivity index (χ1v) is 26.0. The van der Waals surface area contributed by atoms with Crippen molar-refractivity contribution in [2.45, 2.75) is 137 Å².